The maximum Gasteiger partial charge on any atom is 0.412 e. The molecule has 3 aromatic rings. The molecule has 0 radical (unpaired) electrons. The van der Waals surface area contributed by atoms with Gasteiger partial charge in [-0.25, -0.2) is 9.59 Å². The van der Waals surface area contributed by atoms with Crippen LogP contribution in [0.1, 0.15) is 25.5 Å². The molecule has 0 heterocycles. The Kier molecular flexibility index (Phi) is 6.65. The van der Waals surface area contributed by atoms with Crippen molar-refractivity contribution in [2.75, 3.05) is 5.32 Å². The number of carboxylic acid groups (broad SMARTS) is 1. The fourth-order valence-corrected chi connectivity index (χ4v) is 3.58. The first-order valence-corrected chi connectivity index (χ1v) is 10.3. The third-order valence-electron chi connectivity index (χ3n) is 4.86. The summed E-state index contributed by atoms with van der Waals surface area (Å²) >= 11 is 3.35. The predicted octanol–water partition coefficient (Wildman–Crippen LogP) is 6.26. The summed E-state index contributed by atoms with van der Waals surface area (Å²) in [6, 6.07) is 17.5. The number of phenols is 1. The molecule has 0 bridgehead atoms. The maximum atomic E-state index is 12.7. The third kappa shape index (κ3) is 5.44. The van der Waals surface area contributed by atoms with Crippen molar-refractivity contribution in [3.63, 3.8) is 0 Å². The second-order valence-electron chi connectivity index (χ2n) is 7.63. The molecule has 0 aliphatic rings. The number of benzene rings is 3. The lowest BCUT2D eigenvalue weighted by Gasteiger charge is -2.32. The normalized spacial score (nSPS) is 12.6. The summed E-state index contributed by atoms with van der Waals surface area (Å²) in [5, 5.41) is 23.3. The Hall–Kier alpha value is -3.32. The second-order valence-corrected chi connectivity index (χ2v) is 8.55. The number of carbonyl (C=O) groups excluding carboxylic acids is 1. The van der Waals surface area contributed by atoms with Crippen LogP contribution in [0, 0.1) is 5.41 Å². The van der Waals surface area contributed by atoms with E-state index in [1.54, 1.807) is 56.3 Å². The zero-order valence-corrected chi connectivity index (χ0v) is 18.6. The van der Waals surface area contributed by atoms with Crippen LogP contribution in [0.5, 0.6) is 5.75 Å². The van der Waals surface area contributed by atoms with Crippen LogP contribution in [0.2, 0.25) is 0 Å². The van der Waals surface area contributed by atoms with Crippen LogP contribution in [-0.4, -0.2) is 22.3 Å². The summed E-state index contributed by atoms with van der Waals surface area (Å²) in [6.45, 7) is 3.57. The summed E-state index contributed by atoms with van der Waals surface area (Å²) in [7, 11) is 0. The smallest absolute Gasteiger partial charge is 0.412 e. The van der Waals surface area contributed by atoms with Gasteiger partial charge in [-0.2, -0.15) is 0 Å². The molecule has 1 amide bonds. The van der Waals surface area contributed by atoms with Gasteiger partial charge in [0.1, 0.15) is 11.9 Å². The molecule has 6 nitrogen and oxygen atoms in total. The molecule has 1 atom stereocenters. The van der Waals surface area contributed by atoms with E-state index in [9.17, 15) is 14.7 Å². The van der Waals surface area contributed by atoms with Gasteiger partial charge in [0.05, 0.1) is 0 Å². The van der Waals surface area contributed by atoms with E-state index >= 15 is 0 Å². The molecule has 31 heavy (non-hydrogen) atoms. The van der Waals surface area contributed by atoms with Crippen molar-refractivity contribution in [2.45, 2.75) is 20.0 Å². The number of fused-ring (bicyclic) bond motifs is 1. The lowest BCUT2D eigenvalue weighted by molar-refractivity contribution is -0.131. The van der Waals surface area contributed by atoms with Crippen molar-refractivity contribution in [2.24, 2.45) is 5.41 Å². The van der Waals surface area contributed by atoms with Gasteiger partial charge in [-0.1, -0.05) is 66.2 Å². The van der Waals surface area contributed by atoms with Crippen molar-refractivity contribution in [3.05, 3.63) is 82.9 Å². The predicted molar refractivity (Wildman–Crippen MR) is 123 cm³/mol. The van der Waals surface area contributed by atoms with Crippen molar-refractivity contribution in [1.82, 2.24) is 0 Å². The van der Waals surface area contributed by atoms with E-state index in [4.69, 9.17) is 9.84 Å². The van der Waals surface area contributed by atoms with Crippen molar-refractivity contribution < 1.29 is 24.5 Å². The standard InChI is InChI=1S/C24H22BrNO5/c1-24(2,14-13-21(28)29)22(31-23(30)26-16-9-7-15(25)8-10-16)19-11-12-20(27)18-6-4-3-5-17(18)19/h3-14,22,27H,1-2H3,(H,26,30)(H,28,29)/b14-13+/t22-/m1/s1. The zero-order valence-electron chi connectivity index (χ0n) is 17.0. The van der Waals surface area contributed by atoms with Gasteiger partial charge in [0.15, 0.2) is 0 Å². The van der Waals surface area contributed by atoms with Gasteiger partial charge < -0.3 is 14.9 Å². The highest BCUT2D eigenvalue weighted by molar-refractivity contribution is 9.10. The number of rotatable bonds is 6. The van der Waals surface area contributed by atoms with Gasteiger partial charge in [-0.05, 0) is 35.7 Å². The molecule has 0 saturated heterocycles. The molecule has 3 aromatic carbocycles. The topological polar surface area (TPSA) is 95.9 Å². The van der Waals surface area contributed by atoms with Crippen LogP contribution in [0.15, 0.2) is 77.3 Å². The maximum absolute atomic E-state index is 12.7. The summed E-state index contributed by atoms with van der Waals surface area (Å²) in [4.78, 5) is 23.8. The van der Waals surface area contributed by atoms with Crippen molar-refractivity contribution >= 4 is 44.5 Å². The molecule has 3 rings (SSSR count). The Morgan fingerprint density at radius 1 is 1.03 bits per heavy atom. The number of hydrogen-bond acceptors (Lipinski definition) is 4. The van der Waals surface area contributed by atoms with Crippen LogP contribution in [0.3, 0.4) is 0 Å². The summed E-state index contributed by atoms with van der Waals surface area (Å²) < 4.78 is 6.70. The number of phenolic OH excluding ortho intramolecular Hbond substituents is 1. The highest BCUT2D eigenvalue weighted by atomic mass is 79.9. The minimum Gasteiger partial charge on any atom is -0.507 e. The highest BCUT2D eigenvalue weighted by Gasteiger charge is 2.34. The molecule has 7 heteroatoms. The van der Waals surface area contributed by atoms with E-state index < -0.39 is 23.6 Å². The number of halogens is 1. The molecular formula is C24H22BrNO5. The number of hydrogen-bond donors (Lipinski definition) is 3. The first kappa shape index (κ1) is 22.4. The van der Waals surface area contributed by atoms with Crippen LogP contribution in [-0.2, 0) is 9.53 Å². The molecule has 0 spiro atoms. The third-order valence-corrected chi connectivity index (χ3v) is 5.39. The number of aliphatic carboxylic acids is 1. The van der Waals surface area contributed by atoms with E-state index in [0.29, 0.717) is 22.0 Å². The first-order valence-electron chi connectivity index (χ1n) is 9.53. The number of amides is 1. The van der Waals surface area contributed by atoms with E-state index in [0.717, 1.165) is 10.5 Å². The molecule has 0 aromatic heterocycles. The molecular weight excluding hydrogens is 462 g/mol. The SMILES string of the molecule is CC(C)(/C=C/C(=O)O)[C@H](OC(=O)Nc1ccc(Br)cc1)c1ccc(O)c2ccccc12. The zero-order chi connectivity index (χ0) is 22.6. The summed E-state index contributed by atoms with van der Waals surface area (Å²) in [5.74, 6) is -0.988. The Labute approximate surface area is 188 Å². The van der Waals surface area contributed by atoms with Crippen LogP contribution < -0.4 is 5.32 Å². The van der Waals surface area contributed by atoms with Crippen LogP contribution in [0.4, 0.5) is 10.5 Å². The fourth-order valence-electron chi connectivity index (χ4n) is 3.31. The van der Waals surface area contributed by atoms with Gasteiger partial charge in [0, 0.05) is 32.6 Å². The number of carboxylic acids is 1. The minimum atomic E-state index is -1.10. The van der Waals surface area contributed by atoms with Crippen LogP contribution in [0.25, 0.3) is 10.8 Å². The van der Waals surface area contributed by atoms with Crippen molar-refractivity contribution in [3.8, 4) is 5.75 Å². The average molecular weight is 484 g/mol. The van der Waals surface area contributed by atoms with Gasteiger partial charge in [-0.15, -0.1) is 0 Å². The van der Waals surface area contributed by atoms with E-state index in [1.807, 2.05) is 12.1 Å². The van der Waals surface area contributed by atoms with Gasteiger partial charge in [0.2, 0.25) is 0 Å². The van der Waals surface area contributed by atoms with Crippen LogP contribution >= 0.6 is 15.9 Å². The lowest BCUT2D eigenvalue weighted by Crippen LogP contribution is -2.28. The Morgan fingerprint density at radius 3 is 2.32 bits per heavy atom. The molecule has 160 valence electrons. The van der Waals surface area contributed by atoms with Gasteiger partial charge in [0.25, 0.3) is 0 Å². The summed E-state index contributed by atoms with van der Waals surface area (Å²) in [5.41, 5.74) is 0.343. The largest absolute Gasteiger partial charge is 0.507 e. The van der Waals surface area contributed by atoms with E-state index in [1.165, 1.54) is 12.1 Å². The fraction of sp³-hybridized carbons (Fsp3) is 0.167. The van der Waals surface area contributed by atoms with E-state index in [2.05, 4.69) is 21.2 Å². The quantitative estimate of drug-likeness (QED) is 0.359. The molecule has 0 aliphatic heterocycles. The number of ether oxygens (including phenoxy) is 1. The number of anilines is 1. The Bertz CT molecular complexity index is 1140. The molecule has 0 unspecified atom stereocenters. The molecule has 3 N–H and O–H groups in total. The average Bonchev–Trinajstić information content (AvgIpc) is 2.73. The molecule has 0 fully saturated rings. The Morgan fingerprint density at radius 2 is 1.68 bits per heavy atom. The van der Waals surface area contributed by atoms with E-state index in [-0.39, 0.29) is 5.75 Å². The minimum absolute atomic E-state index is 0.108. The highest BCUT2D eigenvalue weighted by Crippen LogP contribution is 2.42. The van der Waals surface area contributed by atoms with Gasteiger partial charge in [-0.3, -0.25) is 5.32 Å². The first-order chi connectivity index (χ1) is 14.7. The second kappa shape index (κ2) is 9.22. The monoisotopic (exact) mass is 483 g/mol. The molecule has 0 saturated carbocycles. The van der Waals surface area contributed by atoms with Gasteiger partial charge >= 0.3 is 12.1 Å². The molecule has 0 aliphatic carbocycles. The number of nitrogens with one attached hydrogen (secondary N) is 1. The number of aromatic hydroxyl groups is 1. The number of carbonyl (C=O) groups is 2. The Balaban J connectivity index is 2.01. The lowest BCUT2D eigenvalue weighted by atomic mass is 9.80. The summed E-state index contributed by atoms with van der Waals surface area (Å²) in [6.07, 6.45) is 1.02. The van der Waals surface area contributed by atoms with Crippen molar-refractivity contribution in [1.29, 1.82) is 0 Å².